The molecule has 2 nitrogen and oxygen atoms in total. The summed E-state index contributed by atoms with van der Waals surface area (Å²) in [6.45, 7) is 10.4. The van der Waals surface area contributed by atoms with Crippen LogP contribution in [0.4, 0.5) is 0 Å². The Morgan fingerprint density at radius 1 is 1.50 bits per heavy atom. The van der Waals surface area contributed by atoms with Crippen molar-refractivity contribution >= 4 is 0 Å². The zero-order valence-electron chi connectivity index (χ0n) is 8.68. The summed E-state index contributed by atoms with van der Waals surface area (Å²) in [5.41, 5.74) is 5.87. The lowest BCUT2D eigenvalue weighted by atomic mass is 9.73. The smallest absolute Gasteiger partial charge is 0.0855 e. The van der Waals surface area contributed by atoms with E-state index in [0.29, 0.717) is 12.5 Å². The first-order valence-corrected chi connectivity index (χ1v) is 4.75. The van der Waals surface area contributed by atoms with Gasteiger partial charge >= 0.3 is 0 Å². The highest BCUT2D eigenvalue weighted by Gasteiger charge is 2.46. The molecule has 2 N–H and O–H groups in total. The highest BCUT2D eigenvalue weighted by molar-refractivity contribution is 4.97. The van der Waals surface area contributed by atoms with E-state index in [-0.39, 0.29) is 11.0 Å². The molecule has 2 atom stereocenters. The first kappa shape index (κ1) is 10.0. The van der Waals surface area contributed by atoms with Gasteiger partial charge in [0.25, 0.3) is 0 Å². The van der Waals surface area contributed by atoms with Gasteiger partial charge in [0.05, 0.1) is 12.2 Å². The van der Waals surface area contributed by atoms with Crippen molar-refractivity contribution in [1.82, 2.24) is 0 Å². The van der Waals surface area contributed by atoms with Crippen LogP contribution >= 0.6 is 0 Å². The fourth-order valence-corrected chi connectivity index (χ4v) is 1.95. The molecule has 72 valence electrons. The fourth-order valence-electron chi connectivity index (χ4n) is 1.95. The molecular weight excluding hydrogens is 150 g/mol. The number of nitrogens with two attached hydrogens (primary N) is 1. The molecule has 1 aliphatic rings. The number of ether oxygens (including phenoxy) is 1. The number of rotatable bonds is 1. The molecular formula is C10H21NO. The molecule has 0 saturated carbocycles. The Balaban J connectivity index is 2.78. The second kappa shape index (κ2) is 3.00. The maximum atomic E-state index is 5.84. The Bertz CT molecular complexity index is 162. The Morgan fingerprint density at radius 2 is 2.08 bits per heavy atom. The van der Waals surface area contributed by atoms with Gasteiger partial charge in [0.1, 0.15) is 0 Å². The first-order chi connectivity index (χ1) is 5.41. The summed E-state index contributed by atoms with van der Waals surface area (Å²) in [4.78, 5) is 0. The van der Waals surface area contributed by atoms with E-state index in [1.54, 1.807) is 0 Å². The number of hydrogen-bond acceptors (Lipinski definition) is 2. The van der Waals surface area contributed by atoms with Crippen molar-refractivity contribution < 1.29 is 4.74 Å². The molecule has 0 amide bonds. The van der Waals surface area contributed by atoms with Crippen molar-refractivity contribution in [3.8, 4) is 0 Å². The summed E-state index contributed by atoms with van der Waals surface area (Å²) >= 11 is 0. The Kier molecular flexibility index (Phi) is 2.50. The second-order valence-electron chi connectivity index (χ2n) is 5.07. The van der Waals surface area contributed by atoms with E-state index in [1.807, 2.05) is 0 Å². The van der Waals surface area contributed by atoms with Crippen LogP contribution in [0, 0.1) is 11.3 Å². The largest absolute Gasteiger partial charge is 0.373 e. The van der Waals surface area contributed by atoms with E-state index in [1.165, 1.54) is 0 Å². The van der Waals surface area contributed by atoms with Crippen molar-refractivity contribution in [3.05, 3.63) is 0 Å². The van der Waals surface area contributed by atoms with Crippen LogP contribution in [-0.2, 0) is 4.74 Å². The average molecular weight is 171 g/mol. The summed E-state index contributed by atoms with van der Waals surface area (Å²) in [6, 6.07) is 0. The Labute approximate surface area is 75.5 Å². The molecule has 0 radical (unpaired) electrons. The minimum atomic E-state index is -0.0770. The van der Waals surface area contributed by atoms with E-state index in [4.69, 9.17) is 10.5 Å². The maximum Gasteiger partial charge on any atom is 0.0855 e. The van der Waals surface area contributed by atoms with Crippen LogP contribution in [-0.4, -0.2) is 18.8 Å². The predicted octanol–water partition coefficient (Wildman–Crippen LogP) is 1.79. The van der Waals surface area contributed by atoms with Crippen LogP contribution < -0.4 is 5.73 Å². The van der Waals surface area contributed by atoms with Gasteiger partial charge in [-0.1, -0.05) is 27.7 Å². The van der Waals surface area contributed by atoms with Crippen molar-refractivity contribution in [3.63, 3.8) is 0 Å². The minimum absolute atomic E-state index is 0.0770. The summed E-state index contributed by atoms with van der Waals surface area (Å²) in [6.07, 6.45) is 1.10. The molecule has 0 aromatic carbocycles. The van der Waals surface area contributed by atoms with Crippen molar-refractivity contribution in [1.29, 1.82) is 0 Å². The molecule has 0 aliphatic carbocycles. The van der Waals surface area contributed by atoms with Gasteiger partial charge < -0.3 is 10.5 Å². The maximum absolute atomic E-state index is 5.84. The SMILES string of the molecule is CC1COC(CN)(C(C)(C)C)C1. The summed E-state index contributed by atoms with van der Waals surface area (Å²) in [7, 11) is 0. The quantitative estimate of drug-likeness (QED) is 0.652. The van der Waals surface area contributed by atoms with Crippen LogP contribution in [0.3, 0.4) is 0 Å². The van der Waals surface area contributed by atoms with E-state index in [0.717, 1.165) is 13.0 Å². The fraction of sp³-hybridized carbons (Fsp3) is 1.00. The predicted molar refractivity (Wildman–Crippen MR) is 51.0 cm³/mol. The topological polar surface area (TPSA) is 35.2 Å². The molecule has 0 aromatic heterocycles. The van der Waals surface area contributed by atoms with Gasteiger partial charge in [-0.05, 0) is 17.8 Å². The molecule has 1 saturated heterocycles. The monoisotopic (exact) mass is 171 g/mol. The Hall–Kier alpha value is -0.0800. The average Bonchev–Trinajstić information content (AvgIpc) is 2.31. The molecule has 12 heavy (non-hydrogen) atoms. The van der Waals surface area contributed by atoms with Crippen molar-refractivity contribution in [2.24, 2.45) is 17.1 Å². The number of hydrogen-bond donors (Lipinski definition) is 1. The van der Waals surface area contributed by atoms with Crippen LogP contribution in [0.2, 0.25) is 0 Å². The molecule has 1 heterocycles. The van der Waals surface area contributed by atoms with Gasteiger partial charge in [0.2, 0.25) is 0 Å². The van der Waals surface area contributed by atoms with Crippen molar-refractivity contribution in [2.45, 2.75) is 39.7 Å². The lowest BCUT2D eigenvalue weighted by Gasteiger charge is -2.40. The van der Waals surface area contributed by atoms with Gasteiger partial charge in [0, 0.05) is 6.54 Å². The third kappa shape index (κ3) is 1.50. The molecule has 1 fully saturated rings. The van der Waals surface area contributed by atoms with Gasteiger partial charge in [-0.3, -0.25) is 0 Å². The van der Waals surface area contributed by atoms with Crippen LogP contribution in [0.1, 0.15) is 34.1 Å². The zero-order valence-corrected chi connectivity index (χ0v) is 8.68. The van der Waals surface area contributed by atoms with E-state index in [2.05, 4.69) is 27.7 Å². The molecule has 2 unspecified atom stereocenters. The molecule has 0 spiro atoms. The highest BCUT2D eigenvalue weighted by Crippen LogP contribution is 2.42. The molecule has 1 aliphatic heterocycles. The van der Waals surface area contributed by atoms with E-state index < -0.39 is 0 Å². The lowest BCUT2D eigenvalue weighted by Crippen LogP contribution is -2.48. The highest BCUT2D eigenvalue weighted by atomic mass is 16.5. The minimum Gasteiger partial charge on any atom is -0.373 e. The molecule has 0 aromatic rings. The van der Waals surface area contributed by atoms with Gasteiger partial charge in [0.15, 0.2) is 0 Å². The van der Waals surface area contributed by atoms with Gasteiger partial charge in [-0.25, -0.2) is 0 Å². The standard InChI is InChI=1S/C10H21NO/c1-8-5-10(7-11,12-6-8)9(2,3)4/h8H,5-7,11H2,1-4H3. The second-order valence-corrected chi connectivity index (χ2v) is 5.07. The van der Waals surface area contributed by atoms with Crippen LogP contribution in [0.5, 0.6) is 0 Å². The molecule has 2 heteroatoms. The Morgan fingerprint density at radius 3 is 2.25 bits per heavy atom. The van der Waals surface area contributed by atoms with E-state index in [9.17, 15) is 0 Å². The summed E-state index contributed by atoms with van der Waals surface area (Å²) in [5.74, 6) is 0.660. The van der Waals surface area contributed by atoms with Gasteiger partial charge in [-0.15, -0.1) is 0 Å². The lowest BCUT2D eigenvalue weighted by molar-refractivity contribution is -0.0700. The summed E-state index contributed by atoms with van der Waals surface area (Å²) < 4.78 is 5.84. The van der Waals surface area contributed by atoms with Crippen LogP contribution in [0.15, 0.2) is 0 Å². The first-order valence-electron chi connectivity index (χ1n) is 4.75. The van der Waals surface area contributed by atoms with E-state index >= 15 is 0 Å². The van der Waals surface area contributed by atoms with Crippen molar-refractivity contribution in [2.75, 3.05) is 13.2 Å². The third-order valence-electron chi connectivity index (χ3n) is 3.02. The molecule has 0 bridgehead atoms. The normalized spacial score (nSPS) is 37.2. The van der Waals surface area contributed by atoms with Crippen LogP contribution in [0.25, 0.3) is 0 Å². The van der Waals surface area contributed by atoms with Gasteiger partial charge in [-0.2, -0.15) is 0 Å². The molecule has 1 rings (SSSR count). The zero-order chi connectivity index (χ0) is 9.41. The summed E-state index contributed by atoms with van der Waals surface area (Å²) in [5, 5.41) is 0. The third-order valence-corrected chi connectivity index (χ3v) is 3.02.